The Morgan fingerprint density at radius 3 is 2.77 bits per heavy atom. The molecule has 132 valence electrons. The van der Waals surface area contributed by atoms with E-state index in [1.165, 1.54) is 11.8 Å². The Labute approximate surface area is 157 Å². The Morgan fingerprint density at radius 1 is 1.31 bits per heavy atom. The summed E-state index contributed by atoms with van der Waals surface area (Å²) in [6, 6.07) is 11.3. The summed E-state index contributed by atoms with van der Waals surface area (Å²) in [5, 5.41) is 0.669. The molecule has 0 spiro atoms. The van der Waals surface area contributed by atoms with Gasteiger partial charge in [0, 0.05) is 12.7 Å². The number of nitrogens with zero attached hydrogens (tertiary/aromatic N) is 3. The van der Waals surface area contributed by atoms with Crippen LogP contribution < -0.4 is 4.74 Å². The van der Waals surface area contributed by atoms with E-state index in [4.69, 9.17) is 4.74 Å². The number of pyridine rings is 1. The molecule has 1 saturated heterocycles. The van der Waals surface area contributed by atoms with Gasteiger partial charge in [-0.05, 0) is 54.6 Å². The van der Waals surface area contributed by atoms with Crippen LogP contribution in [-0.2, 0) is 4.79 Å². The third-order valence-electron chi connectivity index (χ3n) is 3.62. The Balaban J connectivity index is 1.82. The number of aliphatic imine (C=N–C) groups is 1. The molecule has 1 amide bonds. The van der Waals surface area contributed by atoms with Crippen LogP contribution in [0.2, 0.25) is 0 Å². The summed E-state index contributed by atoms with van der Waals surface area (Å²) in [5.41, 5.74) is 1.66. The average molecular weight is 365 g/mol. The van der Waals surface area contributed by atoms with Crippen molar-refractivity contribution >= 4 is 34.6 Å². The number of thioether (sulfide) groups is 1. The van der Waals surface area contributed by atoms with Crippen molar-refractivity contribution in [3.63, 3.8) is 0 Å². The lowest BCUT2D eigenvalue weighted by atomic mass is 10.2. The minimum absolute atomic E-state index is 0.0351. The predicted octanol–water partition coefficient (Wildman–Crippen LogP) is 4.27. The van der Waals surface area contributed by atoms with E-state index in [1.54, 1.807) is 23.4 Å². The topological polar surface area (TPSA) is 54.8 Å². The molecule has 1 aromatic carbocycles. The highest BCUT2D eigenvalue weighted by molar-refractivity contribution is 8.18. The molecule has 0 N–H and O–H groups in total. The second-order valence-electron chi connectivity index (χ2n) is 5.43. The van der Waals surface area contributed by atoms with Gasteiger partial charge in [-0.2, -0.15) is 0 Å². The number of carbonyl (C=O) groups is 1. The molecule has 1 aliphatic rings. The monoisotopic (exact) mass is 365 g/mol. The summed E-state index contributed by atoms with van der Waals surface area (Å²) in [6.07, 6.45) is 6.95. The number of likely N-dealkylation sites (N-methyl/N-ethyl adjacent to an activating group) is 1. The van der Waals surface area contributed by atoms with E-state index in [2.05, 4.69) is 16.6 Å². The van der Waals surface area contributed by atoms with Crippen LogP contribution >= 0.6 is 11.8 Å². The second kappa shape index (κ2) is 8.49. The number of ether oxygens (including phenoxy) is 1. The Bertz CT molecular complexity index is 845. The summed E-state index contributed by atoms with van der Waals surface area (Å²) in [7, 11) is 0. The summed E-state index contributed by atoms with van der Waals surface area (Å²) >= 11 is 1.37. The van der Waals surface area contributed by atoms with Crippen molar-refractivity contribution in [2.75, 3.05) is 13.2 Å². The number of amides is 1. The Kier molecular flexibility index (Phi) is 5.86. The number of amidine groups is 1. The summed E-state index contributed by atoms with van der Waals surface area (Å²) < 4.78 is 5.47. The normalized spacial score (nSPS) is 17.1. The number of aromatic nitrogens is 1. The molecule has 0 atom stereocenters. The highest BCUT2D eigenvalue weighted by Gasteiger charge is 2.32. The number of carbonyl (C=O) groups excluding carboxylic acids is 1. The van der Waals surface area contributed by atoms with Crippen molar-refractivity contribution in [3.05, 3.63) is 71.9 Å². The zero-order valence-corrected chi connectivity index (χ0v) is 15.3. The van der Waals surface area contributed by atoms with Crippen LogP contribution in [0.3, 0.4) is 0 Å². The first-order valence-corrected chi connectivity index (χ1v) is 9.07. The first-order chi connectivity index (χ1) is 12.7. The van der Waals surface area contributed by atoms with Crippen LogP contribution in [0.25, 0.3) is 6.08 Å². The molecule has 1 fully saturated rings. The molecular formula is C20H19N3O2S. The van der Waals surface area contributed by atoms with Gasteiger partial charge in [-0.25, -0.2) is 4.99 Å². The van der Waals surface area contributed by atoms with E-state index in [9.17, 15) is 4.79 Å². The molecule has 0 unspecified atom stereocenters. The molecule has 2 aromatic rings. The van der Waals surface area contributed by atoms with Crippen LogP contribution in [-0.4, -0.2) is 34.1 Å². The van der Waals surface area contributed by atoms with Crippen molar-refractivity contribution in [1.82, 2.24) is 9.88 Å². The standard InChI is InChI=1S/C20H19N3O2S/c1-3-12-25-17-9-7-15(8-10-17)13-18-19(24)23(4-2)20(26-18)22-16-6-5-11-21-14-16/h3,5-11,13-14H,1,4,12H2,2H3/b18-13-,22-20?. The van der Waals surface area contributed by atoms with Gasteiger partial charge in [0.2, 0.25) is 0 Å². The van der Waals surface area contributed by atoms with Crippen LogP contribution in [0.15, 0.2) is 71.3 Å². The molecule has 0 aliphatic carbocycles. The van der Waals surface area contributed by atoms with Gasteiger partial charge in [-0.3, -0.25) is 14.7 Å². The lowest BCUT2D eigenvalue weighted by Gasteiger charge is -2.11. The van der Waals surface area contributed by atoms with Gasteiger partial charge in [0.1, 0.15) is 12.4 Å². The lowest BCUT2D eigenvalue weighted by Crippen LogP contribution is -2.28. The van der Waals surface area contributed by atoms with Crippen molar-refractivity contribution in [2.24, 2.45) is 4.99 Å². The molecule has 3 rings (SSSR count). The van der Waals surface area contributed by atoms with Crippen molar-refractivity contribution in [1.29, 1.82) is 0 Å². The third-order valence-corrected chi connectivity index (χ3v) is 4.63. The molecule has 26 heavy (non-hydrogen) atoms. The Morgan fingerprint density at radius 2 is 2.12 bits per heavy atom. The number of rotatable bonds is 6. The molecule has 6 heteroatoms. The van der Waals surface area contributed by atoms with Gasteiger partial charge in [0.15, 0.2) is 5.17 Å². The fraction of sp³-hybridized carbons (Fsp3) is 0.150. The van der Waals surface area contributed by atoms with E-state index >= 15 is 0 Å². The predicted molar refractivity (Wildman–Crippen MR) is 106 cm³/mol. The van der Waals surface area contributed by atoms with Crippen molar-refractivity contribution < 1.29 is 9.53 Å². The largest absolute Gasteiger partial charge is 0.490 e. The zero-order valence-electron chi connectivity index (χ0n) is 14.5. The van der Waals surface area contributed by atoms with Gasteiger partial charge < -0.3 is 4.74 Å². The average Bonchev–Trinajstić information content (AvgIpc) is 2.96. The molecule has 1 aromatic heterocycles. The molecular weight excluding hydrogens is 346 g/mol. The maximum atomic E-state index is 12.7. The molecule has 0 radical (unpaired) electrons. The van der Waals surface area contributed by atoms with Gasteiger partial charge in [0.05, 0.1) is 16.8 Å². The maximum Gasteiger partial charge on any atom is 0.266 e. The van der Waals surface area contributed by atoms with E-state index < -0.39 is 0 Å². The highest BCUT2D eigenvalue weighted by atomic mass is 32.2. The van der Waals surface area contributed by atoms with Crippen LogP contribution in [0.1, 0.15) is 12.5 Å². The third kappa shape index (κ3) is 4.21. The van der Waals surface area contributed by atoms with Crippen LogP contribution in [0.5, 0.6) is 5.75 Å². The van der Waals surface area contributed by atoms with Gasteiger partial charge in [-0.15, -0.1) is 0 Å². The van der Waals surface area contributed by atoms with E-state index in [-0.39, 0.29) is 5.91 Å². The SMILES string of the molecule is C=CCOc1ccc(/C=C2\SC(=Nc3cccnc3)N(CC)C2=O)cc1. The quantitative estimate of drug-likeness (QED) is 0.567. The first-order valence-electron chi connectivity index (χ1n) is 8.25. The minimum atomic E-state index is -0.0351. The molecule has 2 heterocycles. The first kappa shape index (κ1) is 17.9. The molecule has 0 bridgehead atoms. The summed E-state index contributed by atoms with van der Waals surface area (Å²) in [5.74, 6) is 0.735. The fourth-order valence-electron chi connectivity index (χ4n) is 2.37. The number of hydrogen-bond acceptors (Lipinski definition) is 5. The van der Waals surface area contributed by atoms with Crippen LogP contribution in [0, 0.1) is 0 Å². The Hall–Kier alpha value is -2.86. The highest BCUT2D eigenvalue weighted by Crippen LogP contribution is 2.34. The van der Waals surface area contributed by atoms with E-state index in [0.29, 0.717) is 23.2 Å². The number of hydrogen-bond donors (Lipinski definition) is 0. The van der Waals surface area contributed by atoms with Gasteiger partial charge >= 0.3 is 0 Å². The summed E-state index contributed by atoms with van der Waals surface area (Å²) in [6.45, 7) is 6.60. The van der Waals surface area contributed by atoms with Crippen LogP contribution in [0.4, 0.5) is 5.69 Å². The zero-order chi connectivity index (χ0) is 18.4. The smallest absolute Gasteiger partial charge is 0.266 e. The van der Waals surface area contributed by atoms with E-state index in [0.717, 1.165) is 17.0 Å². The van der Waals surface area contributed by atoms with Crippen molar-refractivity contribution in [2.45, 2.75) is 6.92 Å². The lowest BCUT2D eigenvalue weighted by molar-refractivity contribution is -0.122. The van der Waals surface area contributed by atoms with Crippen molar-refractivity contribution in [3.8, 4) is 5.75 Å². The van der Waals surface area contributed by atoms with Gasteiger partial charge in [-0.1, -0.05) is 24.8 Å². The maximum absolute atomic E-state index is 12.7. The van der Waals surface area contributed by atoms with Gasteiger partial charge in [0.25, 0.3) is 5.91 Å². The number of benzene rings is 1. The van der Waals surface area contributed by atoms with E-state index in [1.807, 2.05) is 49.4 Å². The minimum Gasteiger partial charge on any atom is -0.490 e. The molecule has 0 saturated carbocycles. The summed E-state index contributed by atoms with van der Waals surface area (Å²) in [4.78, 5) is 23.6. The molecule has 1 aliphatic heterocycles. The fourth-order valence-corrected chi connectivity index (χ4v) is 3.43. The molecule has 5 nitrogen and oxygen atoms in total. The second-order valence-corrected chi connectivity index (χ2v) is 6.44.